The van der Waals surface area contributed by atoms with E-state index in [-0.39, 0.29) is 6.42 Å². The number of carbonyl (C=O) groups is 1. The van der Waals surface area contributed by atoms with Crippen molar-refractivity contribution in [3.8, 4) is 11.4 Å². The Bertz CT molecular complexity index is 1130. The number of aromatic nitrogens is 3. The second kappa shape index (κ2) is 7.35. The van der Waals surface area contributed by atoms with Crippen molar-refractivity contribution in [3.05, 3.63) is 77.4 Å². The lowest BCUT2D eigenvalue weighted by atomic mass is 9.99. The van der Waals surface area contributed by atoms with Gasteiger partial charge in [0.05, 0.1) is 24.9 Å². The van der Waals surface area contributed by atoms with Gasteiger partial charge in [0, 0.05) is 11.1 Å². The Morgan fingerprint density at radius 3 is 2.66 bits per heavy atom. The van der Waals surface area contributed by atoms with E-state index in [9.17, 15) is 4.79 Å². The quantitative estimate of drug-likeness (QED) is 0.728. The second-order valence-corrected chi connectivity index (χ2v) is 6.81. The lowest BCUT2D eigenvalue weighted by molar-refractivity contribution is -0.118. The van der Waals surface area contributed by atoms with Gasteiger partial charge in [-0.15, -0.1) is 10.2 Å². The molecule has 1 aromatic heterocycles. The van der Waals surface area contributed by atoms with Gasteiger partial charge in [0.1, 0.15) is 17.6 Å². The van der Waals surface area contributed by atoms with Crippen molar-refractivity contribution >= 4 is 17.7 Å². The summed E-state index contributed by atoms with van der Waals surface area (Å²) in [5.41, 5.74) is 9.92. The van der Waals surface area contributed by atoms with Crippen LogP contribution >= 0.6 is 0 Å². The Morgan fingerprint density at radius 1 is 1.24 bits per heavy atom. The average Bonchev–Trinajstić information content (AvgIpc) is 3.05. The Balaban J connectivity index is 2.00. The van der Waals surface area contributed by atoms with Crippen LogP contribution in [0.5, 0.6) is 5.75 Å². The normalized spacial score (nSPS) is 15.0. The fourth-order valence-electron chi connectivity index (χ4n) is 3.54. The minimum Gasteiger partial charge on any atom is -0.497 e. The van der Waals surface area contributed by atoms with Gasteiger partial charge in [-0.1, -0.05) is 36.9 Å². The molecule has 1 amide bonds. The van der Waals surface area contributed by atoms with E-state index in [4.69, 9.17) is 15.5 Å². The summed E-state index contributed by atoms with van der Waals surface area (Å²) in [7, 11) is 1.62. The van der Waals surface area contributed by atoms with Crippen LogP contribution in [0.1, 0.15) is 40.8 Å². The number of rotatable bonds is 5. The number of hydrogen-bond acceptors (Lipinski definition) is 5. The van der Waals surface area contributed by atoms with Crippen LogP contribution < -0.4 is 10.5 Å². The summed E-state index contributed by atoms with van der Waals surface area (Å²) in [6, 6.07) is 13.2. The number of ether oxygens (including phenoxy) is 1. The molecule has 0 fully saturated rings. The zero-order chi connectivity index (χ0) is 20.5. The summed E-state index contributed by atoms with van der Waals surface area (Å²) >= 11 is 0. The summed E-state index contributed by atoms with van der Waals surface area (Å²) in [5, 5.41) is 8.51. The van der Waals surface area contributed by atoms with Crippen molar-refractivity contribution in [3.63, 3.8) is 0 Å². The highest BCUT2D eigenvalue weighted by Crippen LogP contribution is 2.34. The van der Waals surface area contributed by atoms with Gasteiger partial charge in [-0.05, 0) is 30.7 Å². The zero-order valence-electron chi connectivity index (χ0n) is 16.3. The van der Waals surface area contributed by atoms with Crippen molar-refractivity contribution in [2.45, 2.75) is 19.4 Å². The van der Waals surface area contributed by atoms with Gasteiger partial charge in [0.15, 0.2) is 5.82 Å². The van der Waals surface area contributed by atoms with Gasteiger partial charge >= 0.3 is 0 Å². The SMILES string of the molecule is C=Cc1ccc(C2=N[C@@H](CC(N)=O)c3nnc(C)n3-c3ccc(OC)cc32)cc1. The minimum absolute atomic E-state index is 0.0392. The van der Waals surface area contributed by atoms with Crippen LogP contribution in [-0.4, -0.2) is 33.5 Å². The number of aliphatic imine (C=N–C) groups is 1. The van der Waals surface area contributed by atoms with Gasteiger partial charge < -0.3 is 10.5 Å². The zero-order valence-corrected chi connectivity index (χ0v) is 16.3. The summed E-state index contributed by atoms with van der Waals surface area (Å²) in [6.45, 7) is 5.68. The van der Waals surface area contributed by atoms with Crippen LogP contribution in [0.25, 0.3) is 11.8 Å². The van der Waals surface area contributed by atoms with E-state index >= 15 is 0 Å². The molecular formula is C22H21N5O2. The van der Waals surface area contributed by atoms with E-state index in [1.165, 1.54) is 0 Å². The number of hydrogen-bond donors (Lipinski definition) is 1. The molecule has 146 valence electrons. The first kappa shape index (κ1) is 18.6. The topological polar surface area (TPSA) is 95.4 Å². The lowest BCUT2D eigenvalue weighted by Crippen LogP contribution is -2.17. The Kier molecular flexibility index (Phi) is 4.72. The molecule has 1 aliphatic heterocycles. The number of methoxy groups -OCH3 is 1. The molecule has 0 radical (unpaired) electrons. The number of nitrogens with zero attached hydrogens (tertiary/aromatic N) is 4. The van der Waals surface area contributed by atoms with Gasteiger partial charge in [0.2, 0.25) is 5.91 Å². The Morgan fingerprint density at radius 2 is 2.00 bits per heavy atom. The van der Waals surface area contributed by atoms with E-state index in [1.807, 2.05) is 54.0 Å². The van der Waals surface area contributed by atoms with Crippen LogP contribution in [0, 0.1) is 6.92 Å². The summed E-state index contributed by atoms with van der Waals surface area (Å²) in [6.07, 6.45) is 1.83. The highest BCUT2D eigenvalue weighted by atomic mass is 16.5. The first-order valence-corrected chi connectivity index (χ1v) is 9.21. The molecule has 0 saturated carbocycles. The number of amides is 1. The van der Waals surface area contributed by atoms with E-state index in [2.05, 4.69) is 16.8 Å². The van der Waals surface area contributed by atoms with E-state index in [0.717, 1.165) is 28.1 Å². The fourth-order valence-corrected chi connectivity index (χ4v) is 3.54. The van der Waals surface area contributed by atoms with Gasteiger partial charge in [-0.2, -0.15) is 0 Å². The van der Waals surface area contributed by atoms with Crippen molar-refractivity contribution in [1.82, 2.24) is 14.8 Å². The number of nitrogens with two attached hydrogens (primary N) is 1. The molecule has 2 aromatic carbocycles. The standard InChI is InChI=1S/C22H21N5O2/c1-4-14-5-7-15(8-6-14)21-17-11-16(29-3)9-10-19(17)27-13(2)25-26-22(27)18(24-21)12-20(23)28/h4-11,18H,1,12H2,2-3H3,(H2,23,28)/t18-/m0/s1. The molecule has 4 rings (SSSR count). The van der Waals surface area contributed by atoms with Crippen molar-refractivity contribution in [2.75, 3.05) is 7.11 Å². The highest BCUT2D eigenvalue weighted by Gasteiger charge is 2.29. The van der Waals surface area contributed by atoms with Crippen LogP contribution in [0.15, 0.2) is 54.0 Å². The predicted molar refractivity (Wildman–Crippen MR) is 111 cm³/mol. The molecule has 1 aliphatic rings. The molecule has 7 heteroatoms. The van der Waals surface area contributed by atoms with Crippen molar-refractivity contribution < 1.29 is 9.53 Å². The van der Waals surface area contributed by atoms with Crippen molar-refractivity contribution in [1.29, 1.82) is 0 Å². The molecule has 0 aliphatic carbocycles. The maximum atomic E-state index is 11.8. The highest BCUT2D eigenvalue weighted by molar-refractivity contribution is 6.15. The monoisotopic (exact) mass is 387 g/mol. The number of benzene rings is 2. The maximum absolute atomic E-state index is 11.8. The van der Waals surface area contributed by atoms with Gasteiger partial charge in [0.25, 0.3) is 0 Å². The van der Waals surface area contributed by atoms with Crippen molar-refractivity contribution in [2.24, 2.45) is 10.7 Å². The van der Waals surface area contributed by atoms with Gasteiger partial charge in [-0.25, -0.2) is 0 Å². The van der Waals surface area contributed by atoms with E-state index < -0.39 is 11.9 Å². The first-order valence-electron chi connectivity index (χ1n) is 9.21. The second-order valence-electron chi connectivity index (χ2n) is 6.81. The number of fused-ring (bicyclic) bond motifs is 3. The Labute approximate surface area is 168 Å². The fraction of sp³-hybridized carbons (Fsp3) is 0.182. The third kappa shape index (κ3) is 3.31. The largest absolute Gasteiger partial charge is 0.497 e. The number of aryl methyl sites for hydroxylation is 1. The van der Waals surface area contributed by atoms with Crippen LogP contribution in [-0.2, 0) is 4.79 Å². The molecular weight excluding hydrogens is 366 g/mol. The number of primary amides is 1. The molecule has 2 N–H and O–H groups in total. The average molecular weight is 387 g/mol. The molecule has 1 atom stereocenters. The lowest BCUT2D eigenvalue weighted by Gasteiger charge is -2.14. The smallest absolute Gasteiger partial charge is 0.220 e. The number of carbonyl (C=O) groups excluding carboxylic acids is 1. The third-order valence-electron chi connectivity index (χ3n) is 4.95. The molecule has 2 heterocycles. The third-order valence-corrected chi connectivity index (χ3v) is 4.95. The van der Waals surface area contributed by atoms with Crippen LogP contribution in [0.2, 0.25) is 0 Å². The maximum Gasteiger partial charge on any atom is 0.220 e. The van der Waals surface area contributed by atoms with Crippen LogP contribution in [0.3, 0.4) is 0 Å². The first-order chi connectivity index (χ1) is 14.0. The minimum atomic E-state index is -0.541. The molecule has 0 unspecified atom stereocenters. The summed E-state index contributed by atoms with van der Waals surface area (Å²) in [4.78, 5) is 16.7. The van der Waals surface area contributed by atoms with Crippen LogP contribution in [0.4, 0.5) is 0 Å². The molecule has 3 aromatic rings. The molecule has 29 heavy (non-hydrogen) atoms. The predicted octanol–water partition coefficient (Wildman–Crippen LogP) is 2.99. The van der Waals surface area contributed by atoms with E-state index in [1.54, 1.807) is 13.2 Å². The molecule has 0 spiro atoms. The summed E-state index contributed by atoms with van der Waals surface area (Å²) in [5.74, 6) is 1.56. The molecule has 0 bridgehead atoms. The molecule has 0 saturated heterocycles. The molecule has 7 nitrogen and oxygen atoms in total. The van der Waals surface area contributed by atoms with Gasteiger partial charge in [-0.3, -0.25) is 14.4 Å². The van der Waals surface area contributed by atoms with E-state index in [0.29, 0.717) is 17.4 Å². The summed E-state index contributed by atoms with van der Waals surface area (Å²) < 4.78 is 7.38. The Hall–Kier alpha value is -3.74.